The summed E-state index contributed by atoms with van der Waals surface area (Å²) in [5.41, 5.74) is 2.49. The molecule has 0 unspecified atom stereocenters. The van der Waals surface area contributed by atoms with Crippen molar-refractivity contribution in [3.05, 3.63) is 74.1 Å². The molecule has 3 aromatic rings. The molecule has 0 aliphatic carbocycles. The smallest absolute Gasteiger partial charge is 0.336 e. The van der Waals surface area contributed by atoms with Crippen LogP contribution in [0.3, 0.4) is 0 Å². The van der Waals surface area contributed by atoms with Gasteiger partial charge in [0.25, 0.3) is 0 Å². The molecular formula is C22H22Cl2N2O3. The second-order valence-electron chi connectivity index (χ2n) is 6.72. The van der Waals surface area contributed by atoms with Gasteiger partial charge in [-0.25, -0.2) is 4.79 Å². The van der Waals surface area contributed by atoms with Crippen molar-refractivity contribution in [3.8, 4) is 0 Å². The molecule has 0 atom stereocenters. The van der Waals surface area contributed by atoms with Gasteiger partial charge in [-0.1, -0.05) is 55.2 Å². The summed E-state index contributed by atoms with van der Waals surface area (Å²) in [6, 6.07) is 12.4. The van der Waals surface area contributed by atoms with Crippen molar-refractivity contribution in [3.63, 3.8) is 0 Å². The fourth-order valence-electron chi connectivity index (χ4n) is 3.14. The number of likely N-dealkylation sites (N-methyl/N-ethyl adjacent to an activating group) is 1. The summed E-state index contributed by atoms with van der Waals surface area (Å²) in [4.78, 5) is 26.5. The van der Waals surface area contributed by atoms with Crippen LogP contribution in [0.2, 0.25) is 10.0 Å². The summed E-state index contributed by atoms with van der Waals surface area (Å²) >= 11 is 12.2. The molecule has 1 aromatic heterocycles. The highest BCUT2D eigenvalue weighted by Gasteiger charge is 2.15. The van der Waals surface area contributed by atoms with Crippen molar-refractivity contribution >= 4 is 45.8 Å². The molecule has 0 saturated carbocycles. The quantitative estimate of drug-likeness (QED) is 0.526. The predicted molar refractivity (Wildman–Crippen MR) is 118 cm³/mol. The molecule has 5 nitrogen and oxygen atoms in total. The van der Waals surface area contributed by atoms with Crippen molar-refractivity contribution in [2.45, 2.75) is 26.8 Å². The van der Waals surface area contributed by atoms with Crippen LogP contribution < -0.4 is 10.9 Å². The number of benzene rings is 2. The van der Waals surface area contributed by atoms with E-state index in [1.807, 2.05) is 36.9 Å². The van der Waals surface area contributed by atoms with E-state index >= 15 is 0 Å². The average Bonchev–Trinajstić information content (AvgIpc) is 2.69. The molecule has 7 heteroatoms. The van der Waals surface area contributed by atoms with Gasteiger partial charge in [-0.05, 0) is 42.3 Å². The van der Waals surface area contributed by atoms with Crippen LogP contribution in [0, 0.1) is 0 Å². The van der Waals surface area contributed by atoms with Crippen LogP contribution in [0.4, 0.5) is 5.69 Å². The Morgan fingerprint density at radius 2 is 1.83 bits per heavy atom. The van der Waals surface area contributed by atoms with Crippen LogP contribution >= 0.6 is 23.2 Å². The molecule has 0 saturated heterocycles. The lowest BCUT2D eigenvalue weighted by atomic mass is 10.1. The van der Waals surface area contributed by atoms with E-state index in [1.165, 1.54) is 6.07 Å². The second kappa shape index (κ2) is 9.44. The number of rotatable bonds is 7. The second-order valence-corrected chi connectivity index (χ2v) is 7.54. The van der Waals surface area contributed by atoms with Gasteiger partial charge in [-0.3, -0.25) is 9.69 Å². The maximum absolute atomic E-state index is 12.5. The van der Waals surface area contributed by atoms with Gasteiger partial charge in [0.15, 0.2) is 0 Å². The Labute approximate surface area is 179 Å². The van der Waals surface area contributed by atoms with Gasteiger partial charge < -0.3 is 9.73 Å². The number of hydrogen-bond acceptors (Lipinski definition) is 4. The Morgan fingerprint density at radius 3 is 2.48 bits per heavy atom. The number of para-hydroxylation sites is 1. The highest BCUT2D eigenvalue weighted by molar-refractivity contribution is 6.39. The maximum Gasteiger partial charge on any atom is 0.336 e. The van der Waals surface area contributed by atoms with Crippen molar-refractivity contribution in [2.75, 3.05) is 18.4 Å². The molecule has 0 spiro atoms. The van der Waals surface area contributed by atoms with Crippen LogP contribution in [0.25, 0.3) is 11.0 Å². The van der Waals surface area contributed by atoms with E-state index in [-0.39, 0.29) is 12.5 Å². The summed E-state index contributed by atoms with van der Waals surface area (Å²) in [5, 5.41) is 4.40. The SMILES string of the molecule is CCc1ccc2c(CN(CC)CC(=O)Nc3c(Cl)cccc3Cl)cc(=O)oc2c1. The number of carbonyl (C=O) groups is 1. The number of amides is 1. The minimum Gasteiger partial charge on any atom is -0.423 e. The number of hydrogen-bond donors (Lipinski definition) is 1. The first kappa shape index (κ1) is 21.4. The topological polar surface area (TPSA) is 62.6 Å². The first-order chi connectivity index (χ1) is 13.9. The number of anilines is 1. The van der Waals surface area contributed by atoms with Gasteiger partial charge in [0.2, 0.25) is 5.91 Å². The molecule has 152 valence electrons. The summed E-state index contributed by atoms with van der Waals surface area (Å²) in [6.45, 7) is 5.20. The molecule has 0 aliphatic heterocycles. The molecule has 0 aliphatic rings. The summed E-state index contributed by atoms with van der Waals surface area (Å²) in [6.07, 6.45) is 0.857. The molecule has 0 fully saturated rings. The Hall–Kier alpha value is -2.34. The number of nitrogens with one attached hydrogen (secondary N) is 1. The third kappa shape index (κ3) is 5.18. The van der Waals surface area contributed by atoms with Crippen molar-refractivity contribution in [2.24, 2.45) is 0 Å². The molecule has 1 amide bonds. The van der Waals surface area contributed by atoms with E-state index in [0.29, 0.717) is 34.4 Å². The molecule has 2 aromatic carbocycles. The van der Waals surface area contributed by atoms with E-state index in [0.717, 1.165) is 22.9 Å². The third-order valence-corrected chi connectivity index (χ3v) is 5.37. The van der Waals surface area contributed by atoms with Crippen molar-refractivity contribution in [1.29, 1.82) is 0 Å². The molecule has 3 rings (SSSR count). The van der Waals surface area contributed by atoms with Gasteiger partial charge in [0.05, 0.1) is 22.3 Å². The fraction of sp³-hybridized carbons (Fsp3) is 0.273. The zero-order valence-corrected chi connectivity index (χ0v) is 17.8. The molecule has 29 heavy (non-hydrogen) atoms. The lowest BCUT2D eigenvalue weighted by Crippen LogP contribution is -2.33. The maximum atomic E-state index is 12.5. The minimum atomic E-state index is -0.399. The number of halogens is 2. The summed E-state index contributed by atoms with van der Waals surface area (Å²) < 4.78 is 5.36. The average molecular weight is 433 g/mol. The Bertz CT molecular complexity index is 1070. The van der Waals surface area contributed by atoms with E-state index < -0.39 is 5.63 Å². The lowest BCUT2D eigenvalue weighted by molar-refractivity contribution is -0.117. The number of fused-ring (bicyclic) bond motifs is 1. The molecule has 0 radical (unpaired) electrons. The highest BCUT2D eigenvalue weighted by atomic mass is 35.5. The fourth-order valence-corrected chi connectivity index (χ4v) is 3.64. The van der Waals surface area contributed by atoms with Crippen LogP contribution in [0.1, 0.15) is 25.0 Å². The standard InChI is InChI=1S/C22H22Cl2N2O3/c1-3-14-8-9-16-15(11-21(28)29-19(16)10-14)12-26(4-2)13-20(27)25-22-17(23)6-5-7-18(22)24/h5-11H,3-4,12-13H2,1-2H3,(H,25,27). The largest absolute Gasteiger partial charge is 0.423 e. The minimum absolute atomic E-state index is 0.132. The normalized spacial score (nSPS) is 11.2. The van der Waals surface area contributed by atoms with Gasteiger partial charge in [-0.15, -0.1) is 0 Å². The Balaban J connectivity index is 1.79. The van der Waals surface area contributed by atoms with Gasteiger partial charge in [0.1, 0.15) is 5.58 Å². The molecule has 0 bridgehead atoms. The summed E-state index contributed by atoms with van der Waals surface area (Å²) in [7, 11) is 0. The highest BCUT2D eigenvalue weighted by Crippen LogP contribution is 2.29. The Morgan fingerprint density at radius 1 is 1.10 bits per heavy atom. The van der Waals surface area contributed by atoms with Gasteiger partial charge >= 0.3 is 5.63 Å². The first-order valence-corrected chi connectivity index (χ1v) is 10.2. The first-order valence-electron chi connectivity index (χ1n) is 9.43. The van der Waals surface area contributed by atoms with Crippen LogP contribution in [0.5, 0.6) is 0 Å². The van der Waals surface area contributed by atoms with Crippen LogP contribution in [-0.4, -0.2) is 23.9 Å². The molecular weight excluding hydrogens is 411 g/mol. The predicted octanol–water partition coefficient (Wildman–Crippen LogP) is 5.12. The number of aryl methyl sites for hydroxylation is 1. The van der Waals surface area contributed by atoms with Gasteiger partial charge in [0, 0.05) is 18.0 Å². The van der Waals surface area contributed by atoms with E-state index in [9.17, 15) is 9.59 Å². The van der Waals surface area contributed by atoms with Crippen LogP contribution in [-0.2, 0) is 17.8 Å². The number of nitrogens with zero attached hydrogens (tertiary/aromatic N) is 1. The van der Waals surface area contributed by atoms with Crippen molar-refractivity contribution < 1.29 is 9.21 Å². The van der Waals surface area contributed by atoms with Crippen LogP contribution in [0.15, 0.2) is 51.7 Å². The zero-order chi connectivity index (χ0) is 21.0. The molecule has 1 heterocycles. The monoisotopic (exact) mass is 432 g/mol. The van der Waals surface area contributed by atoms with E-state index in [1.54, 1.807) is 18.2 Å². The Kier molecular flexibility index (Phi) is 6.96. The van der Waals surface area contributed by atoms with Crippen molar-refractivity contribution in [1.82, 2.24) is 4.90 Å². The number of carbonyl (C=O) groups excluding carboxylic acids is 1. The zero-order valence-electron chi connectivity index (χ0n) is 16.3. The molecule has 1 N–H and O–H groups in total. The van der Waals surface area contributed by atoms with Gasteiger partial charge in [-0.2, -0.15) is 0 Å². The lowest BCUT2D eigenvalue weighted by Gasteiger charge is -2.21. The summed E-state index contributed by atoms with van der Waals surface area (Å²) in [5.74, 6) is -0.234. The van der Waals surface area contributed by atoms with E-state index in [4.69, 9.17) is 27.6 Å². The van der Waals surface area contributed by atoms with E-state index in [2.05, 4.69) is 5.32 Å². The third-order valence-electron chi connectivity index (χ3n) is 4.74.